The number of likely N-dealkylation sites (N-methyl/N-ethyl adjacent to an activating group) is 1. The van der Waals surface area contributed by atoms with Crippen LogP contribution in [-0.4, -0.2) is 76.5 Å². The molecule has 0 bridgehead atoms. The highest BCUT2D eigenvalue weighted by molar-refractivity contribution is 5.88. The van der Waals surface area contributed by atoms with E-state index in [1.54, 1.807) is 43.7 Å². The first kappa shape index (κ1) is 24.9. The summed E-state index contributed by atoms with van der Waals surface area (Å²) in [5, 5.41) is 22.4. The normalized spacial score (nSPS) is 19.2. The quantitative estimate of drug-likeness (QED) is 0.330. The van der Waals surface area contributed by atoms with Gasteiger partial charge in [0.05, 0.1) is 23.8 Å². The van der Waals surface area contributed by atoms with E-state index in [-0.39, 0.29) is 30.3 Å². The van der Waals surface area contributed by atoms with Crippen LogP contribution in [0.2, 0.25) is 0 Å². The number of likely N-dealkylation sites (tertiary alicyclic amines) is 1. The van der Waals surface area contributed by atoms with Crippen molar-refractivity contribution in [2.45, 2.75) is 43.9 Å². The number of halogens is 2. The first-order chi connectivity index (χ1) is 18.8. The van der Waals surface area contributed by atoms with E-state index in [9.17, 15) is 18.7 Å². The van der Waals surface area contributed by atoms with Crippen molar-refractivity contribution in [1.29, 1.82) is 0 Å². The van der Waals surface area contributed by atoms with Crippen molar-refractivity contribution < 1.29 is 23.4 Å². The van der Waals surface area contributed by atoms with Crippen molar-refractivity contribution >= 4 is 17.5 Å². The second-order valence-corrected chi connectivity index (χ2v) is 9.56. The number of hydrogen-bond acceptors (Lipinski definition) is 9. The van der Waals surface area contributed by atoms with Crippen molar-refractivity contribution in [2.75, 3.05) is 18.9 Å². The Morgan fingerprint density at radius 2 is 2.03 bits per heavy atom. The number of nitrogens with zero attached hydrogens (tertiary/aromatic N) is 8. The number of alkyl halides is 2. The van der Waals surface area contributed by atoms with Gasteiger partial charge in [-0.2, -0.15) is 5.10 Å². The zero-order valence-electron chi connectivity index (χ0n) is 20.9. The van der Waals surface area contributed by atoms with Gasteiger partial charge in [0.25, 0.3) is 18.2 Å². The minimum atomic E-state index is -2.56. The molecule has 0 spiro atoms. The van der Waals surface area contributed by atoms with Gasteiger partial charge in [-0.3, -0.25) is 9.48 Å². The Balaban J connectivity index is 1.24. The number of rotatable bonds is 9. The van der Waals surface area contributed by atoms with Gasteiger partial charge in [0, 0.05) is 38.0 Å². The average Bonchev–Trinajstić information content (AvgIpc) is 3.34. The number of nitrogens with one attached hydrogen (secondary N) is 1. The van der Waals surface area contributed by atoms with Gasteiger partial charge in [0.2, 0.25) is 5.95 Å². The Morgan fingerprint density at radius 1 is 1.21 bits per heavy atom. The maximum Gasteiger partial charge on any atom is 0.259 e. The summed E-state index contributed by atoms with van der Waals surface area (Å²) in [4.78, 5) is 27.4. The van der Waals surface area contributed by atoms with Crippen LogP contribution in [0, 0.1) is 0 Å². The summed E-state index contributed by atoms with van der Waals surface area (Å²) >= 11 is 0. The number of aromatic nitrogens is 7. The highest BCUT2D eigenvalue weighted by Gasteiger charge is 2.46. The SMILES string of the molecule is CN1CCC(O)(c2cnn(-c3cccc(-c4ccnc(Nc5cn(CC(F)F)nc5OC5CC5)n4)n3)c2)C1=O. The van der Waals surface area contributed by atoms with Crippen LogP contribution >= 0.6 is 0 Å². The molecule has 2 aliphatic rings. The molecule has 4 aromatic heterocycles. The molecule has 0 aromatic carbocycles. The van der Waals surface area contributed by atoms with Gasteiger partial charge in [-0.05, 0) is 31.0 Å². The van der Waals surface area contributed by atoms with E-state index in [0.717, 1.165) is 17.5 Å². The lowest BCUT2D eigenvalue weighted by Crippen LogP contribution is -2.35. The van der Waals surface area contributed by atoms with Gasteiger partial charge in [-0.15, -0.1) is 5.10 Å². The van der Waals surface area contributed by atoms with Crippen LogP contribution in [0.15, 0.2) is 49.1 Å². The Bertz CT molecular complexity index is 1520. The number of carbonyl (C=O) groups excluding carboxylic acids is 1. The number of amides is 1. The number of hydrogen-bond donors (Lipinski definition) is 2. The smallest absolute Gasteiger partial charge is 0.259 e. The molecule has 1 unspecified atom stereocenters. The molecule has 1 saturated carbocycles. The Hall–Kier alpha value is -4.46. The van der Waals surface area contributed by atoms with E-state index in [4.69, 9.17) is 4.74 Å². The van der Waals surface area contributed by atoms with E-state index in [1.807, 2.05) is 0 Å². The molecule has 5 heterocycles. The van der Waals surface area contributed by atoms with E-state index in [2.05, 4.69) is 30.5 Å². The third-order valence-electron chi connectivity index (χ3n) is 6.56. The molecule has 12 nitrogen and oxygen atoms in total. The van der Waals surface area contributed by atoms with E-state index in [1.165, 1.54) is 22.0 Å². The number of aliphatic hydroxyl groups is 1. The minimum Gasteiger partial charge on any atom is -0.472 e. The maximum absolute atomic E-state index is 12.9. The molecule has 1 atom stereocenters. The molecule has 2 N–H and O–H groups in total. The van der Waals surface area contributed by atoms with Gasteiger partial charge < -0.3 is 20.1 Å². The van der Waals surface area contributed by atoms with Crippen molar-refractivity contribution in [1.82, 2.24) is 39.4 Å². The molecule has 1 amide bonds. The predicted molar refractivity (Wildman–Crippen MR) is 134 cm³/mol. The molecule has 1 aliphatic heterocycles. The Morgan fingerprint density at radius 3 is 2.77 bits per heavy atom. The largest absolute Gasteiger partial charge is 0.472 e. The summed E-state index contributed by atoms with van der Waals surface area (Å²) in [7, 11) is 1.65. The van der Waals surface area contributed by atoms with Gasteiger partial charge in [0.15, 0.2) is 11.4 Å². The third-order valence-corrected chi connectivity index (χ3v) is 6.56. The highest BCUT2D eigenvalue weighted by atomic mass is 19.3. The van der Waals surface area contributed by atoms with Crippen molar-refractivity contribution in [3.63, 3.8) is 0 Å². The minimum absolute atomic E-state index is 0.0239. The van der Waals surface area contributed by atoms with Crippen LogP contribution in [0.5, 0.6) is 5.88 Å². The number of ether oxygens (including phenoxy) is 1. The Labute approximate surface area is 221 Å². The predicted octanol–water partition coefficient (Wildman–Crippen LogP) is 2.52. The standard InChI is InChI=1S/C25H25F2N9O3/c1-34-10-8-25(38,23(34)37)15-11-29-36(12-15)21-4-2-3-17(30-21)18-7-9-28-24(31-18)32-19-13-35(14-20(26)27)33-22(19)39-16-5-6-16/h2-4,7,9,11-13,16,20,38H,5-6,8,10,14H2,1H3,(H,28,31,32). The lowest BCUT2D eigenvalue weighted by atomic mass is 9.95. The molecule has 6 rings (SSSR count). The van der Waals surface area contributed by atoms with Gasteiger partial charge >= 0.3 is 0 Å². The van der Waals surface area contributed by atoms with Crippen LogP contribution in [0.4, 0.5) is 20.4 Å². The molecule has 0 radical (unpaired) electrons. The first-order valence-electron chi connectivity index (χ1n) is 12.4. The fourth-order valence-corrected chi connectivity index (χ4v) is 4.31. The summed E-state index contributed by atoms with van der Waals surface area (Å²) in [5.41, 5.74) is 0.193. The number of carbonyl (C=O) groups is 1. The zero-order valence-corrected chi connectivity index (χ0v) is 20.9. The number of anilines is 2. The first-order valence-corrected chi connectivity index (χ1v) is 12.4. The fraction of sp³-hybridized carbons (Fsp3) is 0.360. The summed E-state index contributed by atoms with van der Waals surface area (Å²) in [6.07, 6.45) is 5.57. The molecular formula is C25H25F2N9O3. The topological polar surface area (TPSA) is 136 Å². The summed E-state index contributed by atoms with van der Waals surface area (Å²) in [6.45, 7) is -0.0999. The van der Waals surface area contributed by atoms with Crippen molar-refractivity contribution in [2.24, 2.45) is 0 Å². The summed E-state index contributed by atoms with van der Waals surface area (Å²) in [6, 6.07) is 6.98. The van der Waals surface area contributed by atoms with E-state index < -0.39 is 18.6 Å². The van der Waals surface area contributed by atoms with Crippen LogP contribution in [0.3, 0.4) is 0 Å². The zero-order chi connectivity index (χ0) is 27.1. The van der Waals surface area contributed by atoms with E-state index in [0.29, 0.717) is 35.0 Å². The Kier molecular flexibility index (Phi) is 6.17. The molecule has 14 heteroatoms. The molecule has 39 heavy (non-hydrogen) atoms. The monoisotopic (exact) mass is 537 g/mol. The lowest BCUT2D eigenvalue weighted by Gasteiger charge is -2.18. The second-order valence-electron chi connectivity index (χ2n) is 9.56. The highest BCUT2D eigenvalue weighted by Crippen LogP contribution is 2.34. The van der Waals surface area contributed by atoms with Crippen LogP contribution in [0.25, 0.3) is 17.2 Å². The van der Waals surface area contributed by atoms with Crippen molar-refractivity contribution in [3.05, 3.63) is 54.6 Å². The van der Waals surface area contributed by atoms with Crippen LogP contribution in [-0.2, 0) is 16.9 Å². The molecule has 1 aliphatic carbocycles. The molecule has 202 valence electrons. The lowest BCUT2D eigenvalue weighted by molar-refractivity contribution is -0.143. The average molecular weight is 538 g/mol. The summed E-state index contributed by atoms with van der Waals surface area (Å²) < 4.78 is 34.2. The third kappa shape index (κ3) is 5.02. The fourth-order valence-electron chi connectivity index (χ4n) is 4.31. The molecular weight excluding hydrogens is 512 g/mol. The summed E-state index contributed by atoms with van der Waals surface area (Å²) in [5.74, 6) is 0.526. The van der Waals surface area contributed by atoms with Crippen molar-refractivity contribution in [3.8, 4) is 23.1 Å². The molecule has 4 aromatic rings. The van der Waals surface area contributed by atoms with Gasteiger partial charge in [0.1, 0.15) is 18.3 Å². The maximum atomic E-state index is 12.9. The molecule has 2 fully saturated rings. The van der Waals surface area contributed by atoms with Crippen LogP contribution < -0.4 is 10.1 Å². The number of pyridine rings is 1. The van der Waals surface area contributed by atoms with Gasteiger partial charge in [-0.25, -0.2) is 28.4 Å². The molecule has 1 saturated heterocycles. The van der Waals surface area contributed by atoms with Gasteiger partial charge in [-0.1, -0.05) is 6.07 Å². The van der Waals surface area contributed by atoms with Crippen LogP contribution in [0.1, 0.15) is 24.8 Å². The van der Waals surface area contributed by atoms with E-state index >= 15 is 0 Å². The second kappa shape index (κ2) is 9.69.